The number of benzene rings is 1. The number of hydrogen-bond acceptors (Lipinski definition) is 4. The number of rotatable bonds is 5. The Labute approximate surface area is 147 Å². The molecule has 3 rings (SSSR count). The molecule has 132 valence electrons. The Morgan fingerprint density at radius 1 is 1.28 bits per heavy atom. The molecule has 1 amide bonds. The number of carbonyl (C=O) groups is 1. The molecule has 5 nitrogen and oxygen atoms in total. The molecule has 1 aromatic heterocycles. The van der Waals surface area contributed by atoms with Gasteiger partial charge in [0, 0.05) is 56.9 Å². The summed E-state index contributed by atoms with van der Waals surface area (Å²) >= 11 is 0. The molecule has 1 N–H and O–H groups in total. The van der Waals surface area contributed by atoms with E-state index in [1.54, 1.807) is 38.5 Å². The molecular formula is C19H23FN4O. The van der Waals surface area contributed by atoms with Gasteiger partial charge in [0.05, 0.1) is 0 Å². The van der Waals surface area contributed by atoms with Crippen molar-refractivity contribution in [2.75, 3.05) is 37.4 Å². The standard InChI is InChI=1S/C19H23FN4O/c1-23(2)19(25)17-12-14(8-9-21-17)22-13-15-16(20)6-5-7-18(15)24-10-3-4-11-24/h5-9,12H,3-4,10-11,13H2,1-2H3,(H,21,22). The summed E-state index contributed by atoms with van der Waals surface area (Å²) < 4.78 is 14.4. The van der Waals surface area contributed by atoms with E-state index >= 15 is 0 Å². The Bertz CT molecular complexity index is 757. The first-order valence-electron chi connectivity index (χ1n) is 8.50. The fourth-order valence-corrected chi connectivity index (χ4v) is 3.05. The van der Waals surface area contributed by atoms with Crippen LogP contribution in [0.15, 0.2) is 36.5 Å². The molecule has 2 heterocycles. The Morgan fingerprint density at radius 2 is 2.04 bits per heavy atom. The molecule has 1 fully saturated rings. The van der Waals surface area contributed by atoms with E-state index in [-0.39, 0.29) is 11.7 Å². The first-order valence-corrected chi connectivity index (χ1v) is 8.50. The number of nitrogens with zero attached hydrogens (tertiary/aromatic N) is 3. The maximum atomic E-state index is 14.4. The second-order valence-electron chi connectivity index (χ2n) is 6.41. The van der Waals surface area contributed by atoms with Gasteiger partial charge in [0.25, 0.3) is 5.91 Å². The predicted molar refractivity (Wildman–Crippen MR) is 97.4 cm³/mol. The zero-order valence-electron chi connectivity index (χ0n) is 14.6. The van der Waals surface area contributed by atoms with Crippen LogP contribution < -0.4 is 10.2 Å². The van der Waals surface area contributed by atoms with Crippen LogP contribution in [0.4, 0.5) is 15.8 Å². The van der Waals surface area contributed by atoms with Crippen LogP contribution in [0.25, 0.3) is 0 Å². The van der Waals surface area contributed by atoms with Crippen molar-refractivity contribution in [2.45, 2.75) is 19.4 Å². The quantitative estimate of drug-likeness (QED) is 0.907. The Hall–Kier alpha value is -2.63. The first kappa shape index (κ1) is 17.2. The SMILES string of the molecule is CN(C)C(=O)c1cc(NCc2c(F)cccc2N2CCCC2)ccn1. The summed E-state index contributed by atoms with van der Waals surface area (Å²) in [5.74, 6) is -0.372. The molecule has 25 heavy (non-hydrogen) atoms. The second-order valence-corrected chi connectivity index (χ2v) is 6.41. The van der Waals surface area contributed by atoms with Crippen molar-refractivity contribution < 1.29 is 9.18 Å². The molecule has 0 aliphatic carbocycles. The zero-order chi connectivity index (χ0) is 17.8. The molecule has 0 bridgehead atoms. The maximum Gasteiger partial charge on any atom is 0.272 e. The first-order chi connectivity index (χ1) is 12.1. The van der Waals surface area contributed by atoms with Gasteiger partial charge in [0.1, 0.15) is 11.5 Å². The van der Waals surface area contributed by atoms with E-state index in [4.69, 9.17) is 0 Å². The van der Waals surface area contributed by atoms with Crippen LogP contribution in [0.5, 0.6) is 0 Å². The highest BCUT2D eigenvalue weighted by atomic mass is 19.1. The van der Waals surface area contributed by atoms with Crippen molar-refractivity contribution in [3.8, 4) is 0 Å². The number of hydrogen-bond donors (Lipinski definition) is 1. The van der Waals surface area contributed by atoms with Crippen LogP contribution in [-0.4, -0.2) is 43.0 Å². The summed E-state index contributed by atoms with van der Waals surface area (Å²) in [6, 6.07) is 8.69. The van der Waals surface area contributed by atoms with E-state index in [0.29, 0.717) is 17.8 Å². The summed E-state index contributed by atoms with van der Waals surface area (Å²) in [5.41, 5.74) is 2.71. The number of halogens is 1. The van der Waals surface area contributed by atoms with E-state index in [0.717, 1.165) is 37.3 Å². The topological polar surface area (TPSA) is 48.5 Å². The fraction of sp³-hybridized carbons (Fsp3) is 0.368. The lowest BCUT2D eigenvalue weighted by Gasteiger charge is -2.22. The Morgan fingerprint density at radius 3 is 2.76 bits per heavy atom. The largest absolute Gasteiger partial charge is 0.381 e. The normalized spacial score (nSPS) is 13.8. The van der Waals surface area contributed by atoms with Gasteiger partial charge in [-0.3, -0.25) is 9.78 Å². The van der Waals surface area contributed by atoms with Gasteiger partial charge in [-0.25, -0.2) is 4.39 Å². The molecular weight excluding hydrogens is 319 g/mol. The van der Waals surface area contributed by atoms with E-state index in [1.165, 1.54) is 11.0 Å². The van der Waals surface area contributed by atoms with Gasteiger partial charge in [-0.05, 0) is 37.1 Å². The highest BCUT2D eigenvalue weighted by molar-refractivity contribution is 5.92. The van der Waals surface area contributed by atoms with Gasteiger partial charge >= 0.3 is 0 Å². The highest BCUT2D eigenvalue weighted by Gasteiger charge is 2.18. The molecule has 0 radical (unpaired) electrons. The number of anilines is 2. The van der Waals surface area contributed by atoms with Crippen molar-refractivity contribution >= 4 is 17.3 Å². The summed E-state index contributed by atoms with van der Waals surface area (Å²) in [6.45, 7) is 2.29. The number of aromatic nitrogens is 1. The minimum absolute atomic E-state index is 0.160. The van der Waals surface area contributed by atoms with Gasteiger partial charge in [-0.15, -0.1) is 0 Å². The Balaban J connectivity index is 1.78. The molecule has 2 aromatic rings. The highest BCUT2D eigenvalue weighted by Crippen LogP contribution is 2.27. The van der Waals surface area contributed by atoms with E-state index in [9.17, 15) is 9.18 Å². The van der Waals surface area contributed by atoms with Gasteiger partial charge in [0.15, 0.2) is 0 Å². The van der Waals surface area contributed by atoms with Crippen molar-refractivity contribution in [3.63, 3.8) is 0 Å². The van der Waals surface area contributed by atoms with E-state index < -0.39 is 0 Å². The van der Waals surface area contributed by atoms with Crippen LogP contribution in [0.1, 0.15) is 28.9 Å². The van der Waals surface area contributed by atoms with Gasteiger partial charge < -0.3 is 15.1 Å². The lowest BCUT2D eigenvalue weighted by Crippen LogP contribution is -2.23. The van der Waals surface area contributed by atoms with Gasteiger partial charge in [-0.1, -0.05) is 6.07 Å². The zero-order valence-corrected chi connectivity index (χ0v) is 14.6. The summed E-state index contributed by atoms with van der Waals surface area (Å²) in [7, 11) is 3.37. The van der Waals surface area contributed by atoms with Crippen LogP contribution in [0, 0.1) is 5.82 Å². The van der Waals surface area contributed by atoms with E-state index in [2.05, 4.69) is 15.2 Å². The Kier molecular flexibility index (Phi) is 5.16. The van der Waals surface area contributed by atoms with Crippen molar-refractivity contribution in [1.29, 1.82) is 0 Å². The summed E-state index contributed by atoms with van der Waals surface area (Å²) in [4.78, 5) is 19.8. The van der Waals surface area contributed by atoms with Crippen LogP contribution in [0.3, 0.4) is 0 Å². The van der Waals surface area contributed by atoms with Gasteiger partial charge in [0.2, 0.25) is 0 Å². The van der Waals surface area contributed by atoms with Crippen LogP contribution in [-0.2, 0) is 6.54 Å². The van der Waals surface area contributed by atoms with Crippen molar-refractivity contribution in [1.82, 2.24) is 9.88 Å². The maximum absolute atomic E-state index is 14.4. The van der Waals surface area contributed by atoms with Crippen LogP contribution >= 0.6 is 0 Å². The molecule has 1 aromatic carbocycles. The predicted octanol–water partition coefficient (Wildman–Crippen LogP) is 3.13. The molecule has 1 aliphatic heterocycles. The third-order valence-corrected chi connectivity index (χ3v) is 4.40. The monoisotopic (exact) mass is 342 g/mol. The summed E-state index contributed by atoms with van der Waals surface area (Å²) in [6.07, 6.45) is 3.87. The lowest BCUT2D eigenvalue weighted by atomic mass is 10.1. The molecule has 0 unspecified atom stereocenters. The molecule has 0 saturated carbocycles. The molecule has 1 aliphatic rings. The van der Waals surface area contributed by atoms with Crippen molar-refractivity contribution in [3.05, 3.63) is 53.6 Å². The third-order valence-electron chi connectivity index (χ3n) is 4.40. The van der Waals surface area contributed by atoms with E-state index in [1.807, 2.05) is 6.07 Å². The number of amides is 1. The molecule has 0 spiro atoms. The minimum atomic E-state index is -0.212. The van der Waals surface area contributed by atoms with Gasteiger partial charge in [-0.2, -0.15) is 0 Å². The fourth-order valence-electron chi connectivity index (χ4n) is 3.05. The number of pyridine rings is 1. The van der Waals surface area contributed by atoms with Crippen LogP contribution in [0.2, 0.25) is 0 Å². The average Bonchev–Trinajstić information content (AvgIpc) is 3.14. The molecule has 1 saturated heterocycles. The number of carbonyl (C=O) groups excluding carboxylic acids is 1. The smallest absolute Gasteiger partial charge is 0.272 e. The molecule has 6 heteroatoms. The third kappa shape index (κ3) is 3.90. The summed E-state index contributed by atoms with van der Waals surface area (Å²) in [5, 5.41) is 3.22. The minimum Gasteiger partial charge on any atom is -0.381 e. The second kappa shape index (κ2) is 7.51. The molecule has 0 atom stereocenters. The van der Waals surface area contributed by atoms with Crippen molar-refractivity contribution in [2.24, 2.45) is 0 Å². The average molecular weight is 342 g/mol. The number of nitrogens with one attached hydrogen (secondary N) is 1. The lowest BCUT2D eigenvalue weighted by molar-refractivity contribution is 0.0822.